The molecule has 0 aliphatic heterocycles. The highest BCUT2D eigenvalue weighted by atomic mass is 35.5. The molecule has 0 saturated carbocycles. The van der Waals surface area contributed by atoms with Gasteiger partial charge in [-0.3, -0.25) is 0 Å². The topological polar surface area (TPSA) is 12.0 Å². The van der Waals surface area contributed by atoms with Crippen LogP contribution in [0.25, 0.3) is 0 Å². The zero-order valence-corrected chi connectivity index (χ0v) is 14.3. The van der Waals surface area contributed by atoms with E-state index >= 15 is 0 Å². The van der Waals surface area contributed by atoms with Crippen LogP contribution >= 0.6 is 11.6 Å². The van der Waals surface area contributed by atoms with Crippen LogP contribution in [0, 0.1) is 27.7 Å². The van der Waals surface area contributed by atoms with Crippen LogP contribution in [-0.2, 0) is 0 Å². The fraction of sp³-hybridized carbons (Fsp3) is 0.368. The van der Waals surface area contributed by atoms with Gasteiger partial charge in [0.25, 0.3) is 0 Å². The van der Waals surface area contributed by atoms with Crippen LogP contribution in [0.3, 0.4) is 0 Å². The number of halogens is 1. The molecule has 0 radical (unpaired) electrons. The SMILES string of the molecule is CCNC(c1cc(C)cc(C)c1)c1cc(C)c(Cl)cc1C. The highest BCUT2D eigenvalue weighted by Gasteiger charge is 2.17. The lowest BCUT2D eigenvalue weighted by molar-refractivity contribution is 0.626. The third-order valence-electron chi connectivity index (χ3n) is 3.84. The highest BCUT2D eigenvalue weighted by Crippen LogP contribution is 2.30. The van der Waals surface area contributed by atoms with Crippen molar-refractivity contribution in [2.75, 3.05) is 6.54 Å². The smallest absolute Gasteiger partial charge is 0.0579 e. The highest BCUT2D eigenvalue weighted by molar-refractivity contribution is 6.31. The lowest BCUT2D eigenvalue weighted by atomic mass is 9.91. The summed E-state index contributed by atoms with van der Waals surface area (Å²) in [6.07, 6.45) is 0. The second-order valence-electron chi connectivity index (χ2n) is 5.87. The van der Waals surface area contributed by atoms with Gasteiger partial charge in [-0.2, -0.15) is 0 Å². The molecule has 0 aliphatic rings. The van der Waals surface area contributed by atoms with Gasteiger partial charge in [-0.1, -0.05) is 53.9 Å². The molecule has 21 heavy (non-hydrogen) atoms. The summed E-state index contributed by atoms with van der Waals surface area (Å²) in [4.78, 5) is 0. The van der Waals surface area contributed by atoms with Crippen molar-refractivity contribution in [2.45, 2.75) is 40.7 Å². The summed E-state index contributed by atoms with van der Waals surface area (Å²) in [5.41, 5.74) is 7.59. The van der Waals surface area contributed by atoms with Crippen molar-refractivity contribution in [3.63, 3.8) is 0 Å². The Morgan fingerprint density at radius 3 is 2.10 bits per heavy atom. The predicted molar refractivity (Wildman–Crippen MR) is 92.4 cm³/mol. The normalized spacial score (nSPS) is 12.5. The molecule has 1 atom stereocenters. The van der Waals surface area contributed by atoms with E-state index in [0.29, 0.717) is 0 Å². The summed E-state index contributed by atoms with van der Waals surface area (Å²) >= 11 is 6.24. The largest absolute Gasteiger partial charge is 0.307 e. The molecule has 1 unspecified atom stereocenters. The molecule has 0 saturated heterocycles. The van der Waals surface area contributed by atoms with Crippen molar-refractivity contribution in [1.29, 1.82) is 0 Å². The van der Waals surface area contributed by atoms with Gasteiger partial charge in [0.2, 0.25) is 0 Å². The summed E-state index contributed by atoms with van der Waals surface area (Å²) in [7, 11) is 0. The molecule has 1 N–H and O–H groups in total. The van der Waals surface area contributed by atoms with E-state index in [2.05, 4.69) is 70.3 Å². The molecule has 2 aromatic carbocycles. The first-order valence-electron chi connectivity index (χ1n) is 7.50. The minimum atomic E-state index is 0.213. The minimum Gasteiger partial charge on any atom is -0.307 e. The second-order valence-corrected chi connectivity index (χ2v) is 6.28. The molecule has 112 valence electrons. The lowest BCUT2D eigenvalue weighted by Gasteiger charge is -2.23. The second kappa shape index (κ2) is 6.64. The molecule has 0 aromatic heterocycles. The van der Waals surface area contributed by atoms with E-state index in [1.54, 1.807) is 0 Å². The summed E-state index contributed by atoms with van der Waals surface area (Å²) < 4.78 is 0. The number of nitrogens with one attached hydrogen (secondary N) is 1. The van der Waals surface area contributed by atoms with Crippen LogP contribution in [0.1, 0.15) is 46.3 Å². The molecular weight excluding hydrogens is 278 g/mol. The summed E-state index contributed by atoms with van der Waals surface area (Å²) in [5.74, 6) is 0. The standard InChI is InChI=1S/C19H24ClN/c1-6-21-19(16-8-12(2)7-13(3)9-16)17-10-15(5)18(20)11-14(17)4/h7-11,19,21H,6H2,1-5H3. The number of hydrogen-bond donors (Lipinski definition) is 1. The minimum absolute atomic E-state index is 0.213. The van der Waals surface area contributed by atoms with Gasteiger partial charge in [-0.25, -0.2) is 0 Å². The van der Waals surface area contributed by atoms with Crippen LogP contribution in [-0.4, -0.2) is 6.54 Å². The van der Waals surface area contributed by atoms with Gasteiger partial charge in [-0.05, 0) is 62.6 Å². The predicted octanol–water partition coefficient (Wildman–Crippen LogP) is 5.27. The van der Waals surface area contributed by atoms with Gasteiger partial charge in [0.05, 0.1) is 6.04 Å². The van der Waals surface area contributed by atoms with E-state index in [4.69, 9.17) is 11.6 Å². The molecule has 0 bridgehead atoms. The summed E-state index contributed by atoms with van der Waals surface area (Å²) in [6, 6.07) is 11.2. The summed E-state index contributed by atoms with van der Waals surface area (Å²) in [6.45, 7) is 11.6. The zero-order chi connectivity index (χ0) is 15.6. The molecule has 0 fully saturated rings. The molecule has 1 nitrogen and oxygen atoms in total. The molecule has 2 heteroatoms. The van der Waals surface area contributed by atoms with Crippen molar-refractivity contribution in [3.05, 3.63) is 68.7 Å². The van der Waals surface area contributed by atoms with Crippen molar-refractivity contribution in [1.82, 2.24) is 5.32 Å². The first kappa shape index (κ1) is 16.1. The molecule has 0 spiro atoms. The average molecular weight is 302 g/mol. The van der Waals surface area contributed by atoms with Gasteiger partial charge < -0.3 is 5.32 Å². The third kappa shape index (κ3) is 3.66. The Kier molecular flexibility index (Phi) is 5.08. The molecule has 2 aromatic rings. The van der Waals surface area contributed by atoms with Crippen LogP contribution in [0.15, 0.2) is 30.3 Å². The number of aryl methyl sites for hydroxylation is 4. The maximum absolute atomic E-state index is 6.24. The Morgan fingerprint density at radius 1 is 0.905 bits per heavy atom. The van der Waals surface area contributed by atoms with Gasteiger partial charge >= 0.3 is 0 Å². The van der Waals surface area contributed by atoms with E-state index in [1.807, 2.05) is 0 Å². The Hall–Kier alpha value is -1.31. The molecule has 0 amide bonds. The van der Waals surface area contributed by atoms with E-state index in [0.717, 1.165) is 17.1 Å². The summed E-state index contributed by atoms with van der Waals surface area (Å²) in [5, 5.41) is 4.45. The molecule has 2 rings (SSSR count). The van der Waals surface area contributed by atoms with E-state index < -0.39 is 0 Å². The van der Waals surface area contributed by atoms with Crippen molar-refractivity contribution in [2.24, 2.45) is 0 Å². The van der Waals surface area contributed by atoms with E-state index in [1.165, 1.54) is 27.8 Å². The third-order valence-corrected chi connectivity index (χ3v) is 4.25. The van der Waals surface area contributed by atoms with Gasteiger partial charge in [0, 0.05) is 5.02 Å². The Morgan fingerprint density at radius 2 is 1.52 bits per heavy atom. The number of benzene rings is 2. The molecule has 0 aliphatic carbocycles. The van der Waals surface area contributed by atoms with E-state index in [9.17, 15) is 0 Å². The fourth-order valence-corrected chi connectivity index (χ4v) is 3.12. The fourth-order valence-electron chi connectivity index (χ4n) is 2.90. The van der Waals surface area contributed by atoms with Crippen LogP contribution < -0.4 is 5.32 Å². The van der Waals surface area contributed by atoms with Crippen LogP contribution in [0.4, 0.5) is 0 Å². The molecule has 0 heterocycles. The van der Waals surface area contributed by atoms with Gasteiger partial charge in [0.15, 0.2) is 0 Å². The van der Waals surface area contributed by atoms with Gasteiger partial charge in [-0.15, -0.1) is 0 Å². The van der Waals surface area contributed by atoms with Crippen molar-refractivity contribution in [3.8, 4) is 0 Å². The van der Waals surface area contributed by atoms with Crippen LogP contribution in [0.2, 0.25) is 5.02 Å². The number of rotatable bonds is 4. The van der Waals surface area contributed by atoms with E-state index in [-0.39, 0.29) is 6.04 Å². The Bertz CT molecular complexity index is 626. The maximum atomic E-state index is 6.24. The number of hydrogen-bond acceptors (Lipinski definition) is 1. The monoisotopic (exact) mass is 301 g/mol. The Balaban J connectivity index is 2.55. The van der Waals surface area contributed by atoms with Gasteiger partial charge in [0.1, 0.15) is 0 Å². The van der Waals surface area contributed by atoms with Crippen LogP contribution in [0.5, 0.6) is 0 Å². The maximum Gasteiger partial charge on any atom is 0.0579 e. The first-order valence-corrected chi connectivity index (χ1v) is 7.88. The molecular formula is C19H24ClN. The quantitative estimate of drug-likeness (QED) is 0.811. The first-order chi connectivity index (χ1) is 9.92. The lowest BCUT2D eigenvalue weighted by Crippen LogP contribution is -2.23. The van der Waals surface area contributed by atoms with Crippen molar-refractivity contribution < 1.29 is 0 Å². The Labute approximate surface area is 133 Å². The zero-order valence-electron chi connectivity index (χ0n) is 13.5. The van der Waals surface area contributed by atoms with Crippen molar-refractivity contribution >= 4 is 11.6 Å². The average Bonchev–Trinajstić information content (AvgIpc) is 2.39.